The first-order chi connectivity index (χ1) is 12.7. The van der Waals surface area contributed by atoms with Crippen LogP contribution in [0.25, 0.3) is 10.8 Å². The summed E-state index contributed by atoms with van der Waals surface area (Å²) in [6.45, 7) is 2.07. The van der Waals surface area contributed by atoms with Crippen molar-refractivity contribution in [3.63, 3.8) is 0 Å². The Kier molecular flexibility index (Phi) is 4.32. The Hall–Kier alpha value is -3.26. The zero-order valence-corrected chi connectivity index (χ0v) is 13.9. The van der Waals surface area contributed by atoms with Gasteiger partial charge in [0.2, 0.25) is 5.82 Å². The molecule has 8 heteroatoms. The summed E-state index contributed by atoms with van der Waals surface area (Å²) in [5, 5.41) is 13.6. The van der Waals surface area contributed by atoms with E-state index in [0.29, 0.717) is 32.1 Å². The SMILES string of the molecule is O=[N+]([O-])c1c(Oc2cccc3ccccc23)ncnc1N1CCOCC1. The quantitative estimate of drug-likeness (QED) is 0.526. The average Bonchev–Trinajstić information content (AvgIpc) is 2.68. The molecular formula is C18H16N4O4. The van der Waals surface area contributed by atoms with E-state index >= 15 is 0 Å². The Bertz CT molecular complexity index is 952. The number of hydrogen-bond acceptors (Lipinski definition) is 7. The molecule has 2 heterocycles. The van der Waals surface area contributed by atoms with Gasteiger partial charge in [0.1, 0.15) is 12.1 Å². The second kappa shape index (κ2) is 6.93. The molecule has 1 fully saturated rings. The van der Waals surface area contributed by atoms with E-state index in [2.05, 4.69) is 9.97 Å². The number of fused-ring (bicyclic) bond motifs is 1. The molecule has 2 aromatic carbocycles. The van der Waals surface area contributed by atoms with E-state index in [-0.39, 0.29) is 17.4 Å². The zero-order chi connectivity index (χ0) is 17.9. The van der Waals surface area contributed by atoms with Gasteiger partial charge in [0.05, 0.1) is 18.1 Å². The Morgan fingerprint density at radius 3 is 2.65 bits per heavy atom. The molecular weight excluding hydrogens is 336 g/mol. The van der Waals surface area contributed by atoms with E-state index in [1.165, 1.54) is 6.33 Å². The van der Waals surface area contributed by atoms with Crippen LogP contribution in [-0.4, -0.2) is 41.2 Å². The van der Waals surface area contributed by atoms with Crippen molar-refractivity contribution in [1.82, 2.24) is 9.97 Å². The van der Waals surface area contributed by atoms with E-state index in [1.807, 2.05) is 41.3 Å². The van der Waals surface area contributed by atoms with Crippen LogP contribution in [0.4, 0.5) is 11.5 Å². The van der Waals surface area contributed by atoms with E-state index in [4.69, 9.17) is 9.47 Å². The highest BCUT2D eigenvalue weighted by molar-refractivity contribution is 5.88. The molecule has 0 N–H and O–H groups in total. The van der Waals surface area contributed by atoms with Crippen LogP contribution >= 0.6 is 0 Å². The minimum absolute atomic E-state index is 0.0668. The summed E-state index contributed by atoms with van der Waals surface area (Å²) in [6.07, 6.45) is 1.29. The Labute approximate surface area is 149 Å². The number of morpholine rings is 1. The highest BCUT2D eigenvalue weighted by Crippen LogP contribution is 2.38. The smallest absolute Gasteiger partial charge is 0.373 e. The van der Waals surface area contributed by atoms with Gasteiger partial charge in [0.15, 0.2) is 0 Å². The monoisotopic (exact) mass is 352 g/mol. The van der Waals surface area contributed by atoms with Gasteiger partial charge in [-0.15, -0.1) is 0 Å². The van der Waals surface area contributed by atoms with Crippen LogP contribution < -0.4 is 9.64 Å². The number of benzene rings is 2. The lowest BCUT2D eigenvalue weighted by Crippen LogP contribution is -2.37. The van der Waals surface area contributed by atoms with Gasteiger partial charge in [-0.3, -0.25) is 10.1 Å². The van der Waals surface area contributed by atoms with E-state index in [9.17, 15) is 10.1 Å². The fourth-order valence-electron chi connectivity index (χ4n) is 2.98. The molecule has 4 rings (SSSR count). The van der Waals surface area contributed by atoms with Gasteiger partial charge in [-0.25, -0.2) is 4.98 Å². The van der Waals surface area contributed by atoms with Crippen LogP contribution in [-0.2, 0) is 4.74 Å². The summed E-state index contributed by atoms with van der Waals surface area (Å²) in [5.74, 6) is 0.698. The third-order valence-electron chi connectivity index (χ3n) is 4.22. The van der Waals surface area contributed by atoms with Crippen LogP contribution in [0.1, 0.15) is 0 Å². The maximum atomic E-state index is 11.7. The van der Waals surface area contributed by atoms with E-state index in [1.54, 1.807) is 6.07 Å². The summed E-state index contributed by atoms with van der Waals surface area (Å²) in [4.78, 5) is 21.2. The molecule has 0 unspecified atom stereocenters. The highest BCUT2D eigenvalue weighted by atomic mass is 16.6. The topological polar surface area (TPSA) is 90.6 Å². The molecule has 1 saturated heterocycles. The summed E-state index contributed by atoms with van der Waals surface area (Å²) < 4.78 is 11.2. The zero-order valence-electron chi connectivity index (χ0n) is 13.9. The second-order valence-corrected chi connectivity index (χ2v) is 5.79. The fourth-order valence-corrected chi connectivity index (χ4v) is 2.98. The van der Waals surface area contributed by atoms with Crippen LogP contribution in [0.5, 0.6) is 11.6 Å². The van der Waals surface area contributed by atoms with Gasteiger partial charge in [0, 0.05) is 18.5 Å². The van der Waals surface area contributed by atoms with Crippen molar-refractivity contribution < 1.29 is 14.4 Å². The molecule has 132 valence electrons. The Balaban J connectivity index is 1.77. The van der Waals surface area contributed by atoms with Crippen molar-refractivity contribution in [2.45, 2.75) is 0 Å². The minimum atomic E-state index is -0.495. The first kappa shape index (κ1) is 16.2. The molecule has 0 saturated carbocycles. The van der Waals surface area contributed by atoms with Gasteiger partial charge in [-0.2, -0.15) is 4.98 Å². The van der Waals surface area contributed by atoms with Gasteiger partial charge < -0.3 is 14.4 Å². The number of hydrogen-bond donors (Lipinski definition) is 0. The minimum Gasteiger partial charge on any atom is -0.433 e. The standard InChI is InChI=1S/C18H16N4O4/c23-22(24)16-17(21-8-10-25-11-9-21)19-12-20-18(16)26-15-7-3-5-13-4-1-2-6-14(13)15/h1-7,12H,8-11H2. The number of nitrogens with zero attached hydrogens (tertiary/aromatic N) is 4. The molecule has 3 aromatic rings. The van der Waals surface area contributed by atoms with E-state index < -0.39 is 4.92 Å². The van der Waals surface area contributed by atoms with Crippen molar-refractivity contribution in [2.24, 2.45) is 0 Å². The number of aromatic nitrogens is 2. The van der Waals surface area contributed by atoms with Crippen molar-refractivity contribution in [3.8, 4) is 11.6 Å². The molecule has 0 bridgehead atoms. The van der Waals surface area contributed by atoms with Crippen molar-refractivity contribution >= 4 is 22.3 Å². The molecule has 1 aliphatic heterocycles. The third kappa shape index (κ3) is 3.02. The molecule has 0 radical (unpaired) electrons. The summed E-state index contributed by atoms with van der Waals surface area (Å²) in [7, 11) is 0. The Morgan fingerprint density at radius 1 is 1.08 bits per heavy atom. The predicted octanol–water partition coefficient (Wildman–Crippen LogP) is 3.17. The average molecular weight is 352 g/mol. The molecule has 0 amide bonds. The highest BCUT2D eigenvalue weighted by Gasteiger charge is 2.29. The number of ether oxygens (including phenoxy) is 2. The molecule has 0 aliphatic carbocycles. The lowest BCUT2D eigenvalue weighted by atomic mass is 10.1. The number of anilines is 1. The largest absolute Gasteiger partial charge is 0.433 e. The summed E-state index contributed by atoms with van der Waals surface area (Å²) >= 11 is 0. The third-order valence-corrected chi connectivity index (χ3v) is 4.22. The molecule has 1 aromatic heterocycles. The van der Waals surface area contributed by atoms with Gasteiger partial charge in [-0.05, 0) is 11.5 Å². The fraction of sp³-hybridized carbons (Fsp3) is 0.222. The molecule has 1 aliphatic rings. The lowest BCUT2D eigenvalue weighted by molar-refractivity contribution is -0.385. The normalized spacial score (nSPS) is 14.4. The summed E-state index contributed by atoms with van der Waals surface area (Å²) in [5.41, 5.74) is -0.234. The van der Waals surface area contributed by atoms with Gasteiger partial charge in [-0.1, -0.05) is 36.4 Å². The molecule has 0 atom stereocenters. The van der Waals surface area contributed by atoms with Crippen LogP contribution in [0.2, 0.25) is 0 Å². The predicted molar refractivity (Wildman–Crippen MR) is 95.7 cm³/mol. The van der Waals surface area contributed by atoms with Crippen LogP contribution in [0, 0.1) is 10.1 Å². The first-order valence-electron chi connectivity index (χ1n) is 8.22. The molecule has 8 nitrogen and oxygen atoms in total. The van der Waals surface area contributed by atoms with Crippen LogP contribution in [0.15, 0.2) is 48.8 Å². The first-order valence-corrected chi connectivity index (χ1v) is 8.22. The lowest BCUT2D eigenvalue weighted by Gasteiger charge is -2.27. The number of rotatable bonds is 4. The van der Waals surface area contributed by atoms with Crippen molar-refractivity contribution in [2.75, 3.05) is 31.2 Å². The van der Waals surface area contributed by atoms with Crippen molar-refractivity contribution in [1.29, 1.82) is 0 Å². The van der Waals surface area contributed by atoms with Gasteiger partial charge >= 0.3 is 11.6 Å². The van der Waals surface area contributed by atoms with Crippen molar-refractivity contribution in [3.05, 3.63) is 58.9 Å². The Morgan fingerprint density at radius 2 is 1.85 bits per heavy atom. The maximum Gasteiger partial charge on any atom is 0.373 e. The maximum absolute atomic E-state index is 11.7. The molecule has 26 heavy (non-hydrogen) atoms. The van der Waals surface area contributed by atoms with E-state index in [0.717, 1.165) is 10.8 Å². The molecule has 0 spiro atoms. The van der Waals surface area contributed by atoms with Crippen LogP contribution in [0.3, 0.4) is 0 Å². The second-order valence-electron chi connectivity index (χ2n) is 5.79. The summed E-state index contributed by atoms with van der Waals surface area (Å²) in [6, 6.07) is 13.2. The number of nitro groups is 1. The van der Waals surface area contributed by atoms with Gasteiger partial charge in [0.25, 0.3) is 0 Å².